The number of aromatic nitrogens is 2. The quantitative estimate of drug-likeness (QED) is 0.863. The van der Waals surface area contributed by atoms with Crippen molar-refractivity contribution in [3.05, 3.63) is 22.6 Å². The highest BCUT2D eigenvalue weighted by atomic mass is 16.5. The minimum Gasteiger partial charge on any atom is -0.376 e. The van der Waals surface area contributed by atoms with Gasteiger partial charge in [-0.2, -0.15) is 5.10 Å². The number of hydrogen-bond acceptors (Lipinski definition) is 5. The second-order valence-corrected chi connectivity index (χ2v) is 6.32. The van der Waals surface area contributed by atoms with Gasteiger partial charge in [0.1, 0.15) is 0 Å². The van der Waals surface area contributed by atoms with Crippen LogP contribution in [-0.4, -0.2) is 48.0 Å². The van der Waals surface area contributed by atoms with E-state index in [1.807, 2.05) is 0 Å². The van der Waals surface area contributed by atoms with Gasteiger partial charge in [0.2, 0.25) is 5.91 Å². The molecule has 0 aliphatic carbocycles. The lowest BCUT2D eigenvalue weighted by Gasteiger charge is -2.32. The number of carbonyl (C=O) groups is 1. The van der Waals surface area contributed by atoms with Crippen molar-refractivity contribution in [3.63, 3.8) is 0 Å². The van der Waals surface area contributed by atoms with Crippen LogP contribution in [0.3, 0.4) is 0 Å². The van der Waals surface area contributed by atoms with E-state index in [0.29, 0.717) is 6.54 Å². The van der Waals surface area contributed by atoms with Gasteiger partial charge in [0.05, 0.1) is 18.0 Å². The Morgan fingerprint density at radius 3 is 2.83 bits per heavy atom. The van der Waals surface area contributed by atoms with Crippen molar-refractivity contribution < 1.29 is 9.53 Å². The predicted molar refractivity (Wildman–Crippen MR) is 86.4 cm³/mol. The van der Waals surface area contributed by atoms with E-state index < -0.39 is 0 Å². The van der Waals surface area contributed by atoms with Gasteiger partial charge in [-0.15, -0.1) is 0 Å². The molecule has 7 heteroatoms. The normalized spacial score (nSPS) is 22.3. The molecule has 2 fully saturated rings. The number of piperidine rings is 1. The average Bonchev–Trinajstić information content (AvgIpc) is 3.09. The smallest absolute Gasteiger partial charge is 0.268 e. The first kappa shape index (κ1) is 16.0. The second-order valence-electron chi connectivity index (χ2n) is 6.32. The molecule has 2 aliphatic rings. The van der Waals surface area contributed by atoms with Gasteiger partial charge in [-0.3, -0.25) is 9.59 Å². The first-order valence-corrected chi connectivity index (χ1v) is 8.31. The highest BCUT2D eigenvalue weighted by Gasteiger charge is 2.26. The SMILES string of the molecule is Cn1ncc(N2CCC(C(=O)NCC3CCCO3)CC2)cc1=O. The molecule has 23 heavy (non-hydrogen) atoms. The Morgan fingerprint density at radius 2 is 2.17 bits per heavy atom. The summed E-state index contributed by atoms with van der Waals surface area (Å²) >= 11 is 0. The molecule has 0 spiro atoms. The standard InChI is InChI=1S/C16H24N4O3/c1-19-15(21)9-13(10-18-19)20-6-4-12(5-7-20)16(22)17-11-14-3-2-8-23-14/h9-10,12,14H,2-8,11H2,1H3,(H,17,22). The highest BCUT2D eigenvalue weighted by molar-refractivity contribution is 5.79. The van der Waals surface area contributed by atoms with E-state index in [-0.39, 0.29) is 23.5 Å². The lowest BCUT2D eigenvalue weighted by Crippen LogP contribution is -2.42. The average molecular weight is 320 g/mol. The molecule has 1 N–H and O–H groups in total. The van der Waals surface area contributed by atoms with Gasteiger partial charge in [-0.25, -0.2) is 4.68 Å². The molecule has 2 saturated heterocycles. The van der Waals surface area contributed by atoms with E-state index in [2.05, 4.69) is 15.3 Å². The van der Waals surface area contributed by atoms with Crippen LogP contribution in [0, 0.1) is 5.92 Å². The Hall–Kier alpha value is -1.89. The van der Waals surface area contributed by atoms with Crippen LogP contribution < -0.4 is 15.8 Å². The molecule has 0 radical (unpaired) electrons. The van der Waals surface area contributed by atoms with Gasteiger partial charge in [-0.1, -0.05) is 0 Å². The summed E-state index contributed by atoms with van der Waals surface area (Å²) in [5.74, 6) is 0.175. The third-order valence-corrected chi connectivity index (χ3v) is 4.71. The summed E-state index contributed by atoms with van der Waals surface area (Å²) in [6.07, 6.45) is 5.61. The number of ether oxygens (including phenoxy) is 1. The van der Waals surface area contributed by atoms with Crippen molar-refractivity contribution in [2.24, 2.45) is 13.0 Å². The summed E-state index contributed by atoms with van der Waals surface area (Å²) in [5, 5.41) is 7.07. The summed E-state index contributed by atoms with van der Waals surface area (Å²) in [6.45, 7) is 2.97. The molecule has 0 bridgehead atoms. The zero-order chi connectivity index (χ0) is 16.2. The number of amides is 1. The van der Waals surface area contributed by atoms with Crippen LogP contribution in [0.1, 0.15) is 25.7 Å². The monoisotopic (exact) mass is 320 g/mol. The van der Waals surface area contributed by atoms with E-state index in [1.54, 1.807) is 19.3 Å². The molecule has 1 amide bonds. The second kappa shape index (κ2) is 7.12. The van der Waals surface area contributed by atoms with Crippen LogP contribution >= 0.6 is 0 Å². The van der Waals surface area contributed by atoms with E-state index in [4.69, 9.17) is 4.74 Å². The number of nitrogens with zero attached hydrogens (tertiary/aromatic N) is 3. The first-order valence-electron chi connectivity index (χ1n) is 8.31. The summed E-state index contributed by atoms with van der Waals surface area (Å²) in [7, 11) is 1.64. The highest BCUT2D eigenvalue weighted by Crippen LogP contribution is 2.22. The van der Waals surface area contributed by atoms with Crippen molar-refractivity contribution in [1.29, 1.82) is 0 Å². The Kier molecular flexibility index (Phi) is 4.95. The number of anilines is 1. The summed E-state index contributed by atoms with van der Waals surface area (Å²) in [5.41, 5.74) is 0.727. The molecule has 2 aliphatic heterocycles. The van der Waals surface area contributed by atoms with Crippen molar-refractivity contribution in [2.75, 3.05) is 31.1 Å². The fourth-order valence-electron chi connectivity index (χ4n) is 3.20. The summed E-state index contributed by atoms with van der Waals surface area (Å²) < 4.78 is 6.84. The van der Waals surface area contributed by atoms with Gasteiger partial charge in [0, 0.05) is 45.3 Å². The number of carbonyl (C=O) groups excluding carboxylic acids is 1. The topological polar surface area (TPSA) is 76.5 Å². The van der Waals surface area contributed by atoms with Gasteiger partial charge in [-0.05, 0) is 25.7 Å². The molecule has 1 atom stereocenters. The fourth-order valence-corrected chi connectivity index (χ4v) is 3.20. The molecular formula is C16H24N4O3. The zero-order valence-corrected chi connectivity index (χ0v) is 13.5. The lowest BCUT2D eigenvalue weighted by atomic mass is 9.95. The summed E-state index contributed by atoms with van der Waals surface area (Å²) in [6, 6.07) is 1.60. The number of nitrogens with one attached hydrogen (secondary N) is 1. The maximum absolute atomic E-state index is 12.2. The molecular weight excluding hydrogens is 296 g/mol. The molecule has 1 aromatic rings. The lowest BCUT2D eigenvalue weighted by molar-refractivity contribution is -0.126. The zero-order valence-electron chi connectivity index (χ0n) is 13.5. The molecule has 7 nitrogen and oxygen atoms in total. The Balaban J connectivity index is 1.48. The Morgan fingerprint density at radius 1 is 1.39 bits per heavy atom. The predicted octanol–water partition coefficient (Wildman–Crippen LogP) is 0.292. The molecule has 126 valence electrons. The molecule has 3 rings (SSSR count). The van der Waals surface area contributed by atoms with Gasteiger partial charge < -0.3 is 15.0 Å². The minimum atomic E-state index is -0.112. The van der Waals surface area contributed by atoms with Gasteiger partial charge >= 0.3 is 0 Å². The van der Waals surface area contributed by atoms with Crippen molar-refractivity contribution in [2.45, 2.75) is 31.8 Å². The van der Waals surface area contributed by atoms with Crippen LogP contribution in [0.5, 0.6) is 0 Å². The maximum atomic E-state index is 12.2. The molecule has 0 aromatic carbocycles. The van der Waals surface area contributed by atoms with Crippen molar-refractivity contribution in [1.82, 2.24) is 15.1 Å². The van der Waals surface area contributed by atoms with Crippen LogP contribution in [0.25, 0.3) is 0 Å². The molecule has 3 heterocycles. The molecule has 1 unspecified atom stereocenters. The largest absolute Gasteiger partial charge is 0.376 e. The van der Waals surface area contributed by atoms with Crippen LogP contribution in [0.4, 0.5) is 5.69 Å². The third kappa shape index (κ3) is 3.90. The molecule has 1 aromatic heterocycles. The van der Waals surface area contributed by atoms with Gasteiger partial charge in [0.15, 0.2) is 0 Å². The minimum absolute atomic E-state index is 0.0483. The fraction of sp³-hybridized carbons (Fsp3) is 0.688. The van der Waals surface area contributed by atoms with Gasteiger partial charge in [0.25, 0.3) is 5.56 Å². The maximum Gasteiger partial charge on any atom is 0.268 e. The van der Waals surface area contributed by atoms with E-state index in [0.717, 1.165) is 51.1 Å². The van der Waals surface area contributed by atoms with E-state index >= 15 is 0 Å². The van der Waals surface area contributed by atoms with Crippen LogP contribution in [0.15, 0.2) is 17.1 Å². The Labute approximate surface area is 135 Å². The van der Waals surface area contributed by atoms with Crippen molar-refractivity contribution >= 4 is 11.6 Å². The molecule has 0 saturated carbocycles. The number of rotatable bonds is 4. The summed E-state index contributed by atoms with van der Waals surface area (Å²) in [4.78, 5) is 26.0. The number of aryl methyl sites for hydroxylation is 1. The first-order chi connectivity index (χ1) is 11.1. The van der Waals surface area contributed by atoms with Crippen molar-refractivity contribution in [3.8, 4) is 0 Å². The number of hydrogen-bond donors (Lipinski definition) is 1. The van der Waals surface area contributed by atoms with Crippen LogP contribution in [0.2, 0.25) is 0 Å². The van der Waals surface area contributed by atoms with E-state index in [9.17, 15) is 9.59 Å². The van der Waals surface area contributed by atoms with E-state index in [1.165, 1.54) is 4.68 Å². The third-order valence-electron chi connectivity index (χ3n) is 4.71. The Bertz CT molecular complexity index is 602. The van der Waals surface area contributed by atoms with Crippen LogP contribution in [-0.2, 0) is 16.6 Å².